The molecule has 0 aliphatic carbocycles. The van der Waals surface area contributed by atoms with Gasteiger partial charge in [0.15, 0.2) is 11.5 Å². The van der Waals surface area contributed by atoms with Gasteiger partial charge in [-0.2, -0.15) is 21.7 Å². The summed E-state index contributed by atoms with van der Waals surface area (Å²) in [5.74, 6) is 1.97. The molecule has 2 aromatic rings. The van der Waals surface area contributed by atoms with Crippen molar-refractivity contribution in [2.45, 2.75) is 24.5 Å². The average molecular weight is 284 g/mol. The largest absolute Gasteiger partial charge is 0.367 e. The van der Waals surface area contributed by atoms with E-state index in [1.54, 1.807) is 6.33 Å². The van der Waals surface area contributed by atoms with E-state index in [-0.39, 0.29) is 10.0 Å². The second kappa shape index (κ2) is 4.59. The molecule has 1 aliphatic rings. The van der Waals surface area contributed by atoms with E-state index in [1.165, 1.54) is 18.6 Å². The van der Waals surface area contributed by atoms with Gasteiger partial charge in [-0.15, -0.1) is 0 Å². The number of hydrogen-bond acceptors (Lipinski definition) is 5. The van der Waals surface area contributed by atoms with E-state index in [4.69, 9.17) is 11.6 Å². The summed E-state index contributed by atoms with van der Waals surface area (Å²) in [6.07, 6.45) is 4.12. The molecule has 7 heteroatoms. The van der Waals surface area contributed by atoms with Gasteiger partial charge >= 0.3 is 0 Å². The van der Waals surface area contributed by atoms with E-state index in [9.17, 15) is 0 Å². The van der Waals surface area contributed by atoms with Crippen molar-refractivity contribution in [3.63, 3.8) is 0 Å². The van der Waals surface area contributed by atoms with Crippen molar-refractivity contribution in [1.82, 2.24) is 19.9 Å². The number of thioether (sulfide) groups is 1. The summed E-state index contributed by atoms with van der Waals surface area (Å²) in [5, 5.41) is 3.59. The van der Waals surface area contributed by atoms with Crippen molar-refractivity contribution in [3.8, 4) is 0 Å². The van der Waals surface area contributed by atoms with Gasteiger partial charge in [0, 0.05) is 11.3 Å². The number of nitrogens with one attached hydrogen (secondary N) is 2. The summed E-state index contributed by atoms with van der Waals surface area (Å²) < 4.78 is 0.282. The lowest BCUT2D eigenvalue weighted by atomic mass is 10.1. The first kappa shape index (κ1) is 12.0. The van der Waals surface area contributed by atoms with Crippen LogP contribution in [0.15, 0.2) is 6.33 Å². The number of aromatic nitrogens is 4. The predicted octanol–water partition coefficient (Wildman–Crippen LogP) is 2.70. The molecule has 2 aromatic heterocycles. The Hall–Kier alpha value is -1.01. The van der Waals surface area contributed by atoms with E-state index in [0.717, 1.165) is 17.9 Å². The third-order valence-corrected chi connectivity index (χ3v) is 4.90. The monoisotopic (exact) mass is 283 g/mol. The standard InChI is InChI=1S/C11H14ClN5S/c1-11(3-2-4-18-11)5-13-8-7-9(15-6-14-7)17-10(12)16-8/h6H,2-5H2,1H3,(H2,13,14,15,16,17). The molecular weight excluding hydrogens is 270 g/mol. The summed E-state index contributed by atoms with van der Waals surface area (Å²) in [6, 6.07) is 0. The van der Waals surface area contributed by atoms with Crippen LogP contribution < -0.4 is 5.32 Å². The van der Waals surface area contributed by atoms with Gasteiger partial charge in [-0.3, -0.25) is 0 Å². The van der Waals surface area contributed by atoms with Crippen molar-refractivity contribution >= 4 is 40.3 Å². The van der Waals surface area contributed by atoms with Crippen LogP contribution in [0.5, 0.6) is 0 Å². The molecule has 1 unspecified atom stereocenters. The highest BCUT2D eigenvalue weighted by Gasteiger charge is 2.29. The normalized spacial score (nSPS) is 23.7. The quantitative estimate of drug-likeness (QED) is 0.848. The molecule has 5 nitrogen and oxygen atoms in total. The van der Waals surface area contributed by atoms with Crippen molar-refractivity contribution in [2.24, 2.45) is 0 Å². The lowest BCUT2D eigenvalue weighted by molar-refractivity contribution is 0.634. The van der Waals surface area contributed by atoms with Gasteiger partial charge in [-0.25, -0.2) is 4.98 Å². The molecule has 0 aromatic carbocycles. The lowest BCUT2D eigenvalue weighted by Crippen LogP contribution is -2.27. The maximum atomic E-state index is 5.89. The summed E-state index contributed by atoms with van der Waals surface area (Å²) in [4.78, 5) is 15.4. The molecular formula is C11H14ClN5S. The molecule has 3 heterocycles. The molecule has 3 rings (SSSR count). The summed E-state index contributed by atoms with van der Waals surface area (Å²) in [5.41, 5.74) is 1.41. The van der Waals surface area contributed by atoms with Crippen LogP contribution in [0.3, 0.4) is 0 Å². The van der Waals surface area contributed by atoms with Crippen LogP contribution in [0.4, 0.5) is 5.82 Å². The number of H-pyrrole nitrogens is 1. The van der Waals surface area contributed by atoms with Crippen LogP contribution in [-0.2, 0) is 0 Å². The Morgan fingerprint density at radius 3 is 3.22 bits per heavy atom. The molecule has 0 amide bonds. The fourth-order valence-electron chi connectivity index (χ4n) is 2.18. The van der Waals surface area contributed by atoms with Gasteiger partial charge < -0.3 is 10.3 Å². The summed E-state index contributed by atoms with van der Waals surface area (Å²) >= 11 is 7.90. The van der Waals surface area contributed by atoms with Gasteiger partial charge in [0.25, 0.3) is 0 Å². The van der Waals surface area contributed by atoms with Crippen molar-refractivity contribution < 1.29 is 0 Å². The first-order valence-corrected chi connectivity index (χ1v) is 7.27. The topological polar surface area (TPSA) is 66.5 Å². The summed E-state index contributed by atoms with van der Waals surface area (Å²) in [7, 11) is 0. The Kier molecular flexibility index (Phi) is 3.07. The number of rotatable bonds is 3. The van der Waals surface area contributed by atoms with Gasteiger partial charge in [0.1, 0.15) is 5.52 Å². The molecule has 0 radical (unpaired) electrons. The number of nitrogens with zero attached hydrogens (tertiary/aromatic N) is 3. The Balaban J connectivity index is 1.83. The maximum Gasteiger partial charge on any atom is 0.226 e. The van der Waals surface area contributed by atoms with Gasteiger partial charge in [0.2, 0.25) is 5.28 Å². The fourth-order valence-corrected chi connectivity index (χ4v) is 3.59. The maximum absolute atomic E-state index is 5.89. The molecule has 1 saturated heterocycles. The SMILES string of the molecule is CC1(CNc2nc(Cl)nc3nc[nH]c23)CCCS1. The van der Waals surface area contributed by atoms with Crippen LogP contribution in [-0.4, -0.2) is 37.0 Å². The van der Waals surface area contributed by atoms with Crippen molar-refractivity contribution in [3.05, 3.63) is 11.6 Å². The molecule has 2 N–H and O–H groups in total. The minimum Gasteiger partial charge on any atom is -0.367 e. The van der Waals surface area contributed by atoms with E-state index in [0.29, 0.717) is 5.65 Å². The highest BCUT2D eigenvalue weighted by molar-refractivity contribution is 8.00. The number of fused-ring (bicyclic) bond motifs is 1. The average Bonchev–Trinajstić information content (AvgIpc) is 2.95. The molecule has 1 atom stereocenters. The van der Waals surface area contributed by atoms with E-state index in [1.807, 2.05) is 11.8 Å². The molecule has 18 heavy (non-hydrogen) atoms. The number of imidazole rings is 1. The van der Waals surface area contributed by atoms with Gasteiger partial charge in [-0.1, -0.05) is 0 Å². The number of halogens is 1. The smallest absolute Gasteiger partial charge is 0.226 e. The Labute approximate surface area is 114 Å². The first-order chi connectivity index (χ1) is 8.66. The van der Waals surface area contributed by atoms with E-state index in [2.05, 4.69) is 32.2 Å². The van der Waals surface area contributed by atoms with Crippen LogP contribution in [0.2, 0.25) is 5.28 Å². The third kappa shape index (κ3) is 2.27. The number of anilines is 1. The zero-order valence-electron chi connectivity index (χ0n) is 10.0. The zero-order valence-corrected chi connectivity index (χ0v) is 11.6. The Morgan fingerprint density at radius 1 is 1.56 bits per heavy atom. The van der Waals surface area contributed by atoms with Crippen LogP contribution in [0.25, 0.3) is 11.2 Å². The number of hydrogen-bond donors (Lipinski definition) is 2. The van der Waals surface area contributed by atoms with Crippen LogP contribution in [0, 0.1) is 0 Å². The zero-order chi connectivity index (χ0) is 12.6. The summed E-state index contributed by atoms with van der Waals surface area (Å²) in [6.45, 7) is 3.16. The highest BCUT2D eigenvalue weighted by Crippen LogP contribution is 2.37. The van der Waals surface area contributed by atoms with E-state index < -0.39 is 0 Å². The van der Waals surface area contributed by atoms with Gasteiger partial charge in [0.05, 0.1) is 6.33 Å². The lowest BCUT2D eigenvalue weighted by Gasteiger charge is -2.23. The molecule has 1 fully saturated rings. The van der Waals surface area contributed by atoms with Crippen molar-refractivity contribution in [1.29, 1.82) is 0 Å². The van der Waals surface area contributed by atoms with Crippen LogP contribution >= 0.6 is 23.4 Å². The minimum atomic E-state index is 0.223. The van der Waals surface area contributed by atoms with Crippen molar-refractivity contribution in [2.75, 3.05) is 17.6 Å². The third-order valence-electron chi connectivity index (χ3n) is 3.19. The highest BCUT2D eigenvalue weighted by atomic mass is 35.5. The fraction of sp³-hybridized carbons (Fsp3) is 0.545. The Morgan fingerprint density at radius 2 is 2.44 bits per heavy atom. The van der Waals surface area contributed by atoms with Crippen LogP contribution in [0.1, 0.15) is 19.8 Å². The predicted molar refractivity (Wildman–Crippen MR) is 75.3 cm³/mol. The first-order valence-electron chi connectivity index (χ1n) is 5.91. The molecule has 0 spiro atoms. The van der Waals surface area contributed by atoms with E-state index >= 15 is 0 Å². The number of aromatic amines is 1. The second-order valence-electron chi connectivity index (χ2n) is 4.70. The van der Waals surface area contributed by atoms with Gasteiger partial charge in [-0.05, 0) is 37.1 Å². The Bertz CT molecular complexity index is 564. The molecule has 0 saturated carbocycles. The molecule has 0 bridgehead atoms. The molecule has 1 aliphatic heterocycles. The minimum absolute atomic E-state index is 0.223. The molecule has 96 valence electrons. The second-order valence-corrected chi connectivity index (χ2v) is 6.72.